The largest absolute Gasteiger partial charge is 0.392 e. The molecular formula is C24H30O4S. The Kier molecular flexibility index (Phi) is 5.12. The molecule has 0 aliphatic heterocycles. The van der Waals surface area contributed by atoms with Gasteiger partial charge in [0.2, 0.25) is 0 Å². The summed E-state index contributed by atoms with van der Waals surface area (Å²) in [6, 6.07) is 17.9. The van der Waals surface area contributed by atoms with Gasteiger partial charge >= 0.3 is 0 Å². The molecule has 0 spiro atoms. The molecule has 2 aliphatic rings. The number of aliphatic hydroxyl groups excluding tert-OH is 2. The third-order valence-electron chi connectivity index (χ3n) is 7.79. The van der Waals surface area contributed by atoms with Crippen molar-refractivity contribution in [2.45, 2.75) is 50.6 Å². The van der Waals surface area contributed by atoms with Crippen LogP contribution in [0.3, 0.4) is 0 Å². The van der Waals surface area contributed by atoms with Gasteiger partial charge in [0, 0.05) is 5.41 Å². The summed E-state index contributed by atoms with van der Waals surface area (Å²) in [5.41, 5.74) is 0.274. The van der Waals surface area contributed by atoms with E-state index >= 15 is 0 Å². The van der Waals surface area contributed by atoms with Crippen LogP contribution in [-0.4, -0.2) is 30.5 Å². The minimum Gasteiger partial charge on any atom is -0.392 e. The molecule has 156 valence electrons. The van der Waals surface area contributed by atoms with Gasteiger partial charge in [-0.2, -0.15) is 0 Å². The molecule has 29 heavy (non-hydrogen) atoms. The quantitative estimate of drug-likeness (QED) is 0.747. The van der Waals surface area contributed by atoms with Crippen molar-refractivity contribution in [1.29, 1.82) is 0 Å². The zero-order valence-electron chi connectivity index (χ0n) is 17.0. The molecule has 4 nitrogen and oxygen atoms in total. The second-order valence-electron chi connectivity index (χ2n) is 9.36. The highest BCUT2D eigenvalue weighted by atomic mass is 32.2. The number of benzene rings is 2. The third-order valence-corrected chi connectivity index (χ3v) is 10.0. The summed E-state index contributed by atoms with van der Waals surface area (Å²) >= 11 is 0. The lowest BCUT2D eigenvalue weighted by molar-refractivity contribution is 0.0149. The second-order valence-corrected chi connectivity index (χ2v) is 11.5. The number of rotatable bonds is 6. The summed E-state index contributed by atoms with van der Waals surface area (Å²) in [6.45, 7) is 4.20. The first-order valence-corrected chi connectivity index (χ1v) is 12.1. The van der Waals surface area contributed by atoms with E-state index in [1.807, 2.05) is 12.1 Å². The number of sulfone groups is 1. The normalized spacial score (nSPS) is 30.2. The Morgan fingerprint density at radius 3 is 2.03 bits per heavy atom. The summed E-state index contributed by atoms with van der Waals surface area (Å²) in [5.74, 6) is 0.246. The average Bonchev–Trinajstić information content (AvgIpc) is 3.03. The molecule has 0 saturated heterocycles. The summed E-state index contributed by atoms with van der Waals surface area (Å²) in [6.07, 6.45) is 0.556. The van der Waals surface area contributed by atoms with Gasteiger partial charge < -0.3 is 10.2 Å². The molecule has 0 aromatic heterocycles. The second kappa shape index (κ2) is 7.22. The molecule has 5 heteroatoms. The molecule has 2 aromatic carbocycles. The van der Waals surface area contributed by atoms with Crippen LogP contribution in [0.15, 0.2) is 60.7 Å². The van der Waals surface area contributed by atoms with Crippen LogP contribution in [0.4, 0.5) is 0 Å². The van der Waals surface area contributed by atoms with Crippen LogP contribution in [0, 0.1) is 16.7 Å². The maximum absolute atomic E-state index is 13.8. The van der Waals surface area contributed by atoms with E-state index in [0.717, 1.165) is 6.42 Å². The standard InChI is InChI=1S/C24H30O4S/c1-23(2)19-13-14-24(23,20(25)15-19)16-29(27,28)22(18-11-7-4-8-12-18)21(26)17-9-5-3-6-10-17/h3-12,19-22,25-26H,13-16H2,1-2H3/t19-,20-,21-,22-,24-/m1/s1. The van der Waals surface area contributed by atoms with Gasteiger partial charge in [-0.3, -0.25) is 0 Å². The van der Waals surface area contributed by atoms with Crippen LogP contribution in [0.5, 0.6) is 0 Å². The van der Waals surface area contributed by atoms with E-state index < -0.39 is 32.7 Å². The van der Waals surface area contributed by atoms with Crippen LogP contribution in [-0.2, 0) is 9.84 Å². The molecule has 2 fully saturated rings. The molecule has 0 amide bonds. The summed E-state index contributed by atoms with van der Waals surface area (Å²) < 4.78 is 27.7. The lowest BCUT2D eigenvalue weighted by Crippen LogP contribution is -2.45. The first-order valence-electron chi connectivity index (χ1n) is 10.4. The van der Waals surface area contributed by atoms with E-state index in [-0.39, 0.29) is 11.2 Å². The predicted molar refractivity (Wildman–Crippen MR) is 114 cm³/mol. The Balaban J connectivity index is 1.76. The highest BCUT2D eigenvalue weighted by Crippen LogP contribution is 2.66. The van der Waals surface area contributed by atoms with E-state index in [0.29, 0.717) is 29.9 Å². The van der Waals surface area contributed by atoms with Crippen LogP contribution >= 0.6 is 0 Å². The van der Waals surface area contributed by atoms with Crippen molar-refractivity contribution < 1.29 is 18.6 Å². The molecule has 0 unspecified atom stereocenters. The predicted octanol–water partition coefficient (Wildman–Crippen LogP) is 4.06. The Hall–Kier alpha value is -1.69. The first-order chi connectivity index (χ1) is 13.7. The molecular weight excluding hydrogens is 384 g/mol. The minimum atomic E-state index is -3.76. The van der Waals surface area contributed by atoms with Crippen molar-refractivity contribution in [1.82, 2.24) is 0 Å². The third kappa shape index (κ3) is 3.24. The van der Waals surface area contributed by atoms with E-state index in [4.69, 9.17) is 0 Å². The highest BCUT2D eigenvalue weighted by Gasteiger charge is 2.65. The highest BCUT2D eigenvalue weighted by molar-refractivity contribution is 7.91. The van der Waals surface area contributed by atoms with Crippen LogP contribution in [0.2, 0.25) is 0 Å². The van der Waals surface area contributed by atoms with Gasteiger partial charge in [0.05, 0.1) is 18.0 Å². The van der Waals surface area contributed by atoms with Crippen molar-refractivity contribution in [2.75, 3.05) is 5.75 Å². The Morgan fingerprint density at radius 2 is 1.55 bits per heavy atom. The maximum atomic E-state index is 13.8. The van der Waals surface area contributed by atoms with E-state index in [2.05, 4.69) is 13.8 Å². The van der Waals surface area contributed by atoms with Gasteiger partial charge in [-0.15, -0.1) is 0 Å². The van der Waals surface area contributed by atoms with Crippen molar-refractivity contribution >= 4 is 9.84 Å². The lowest BCUT2D eigenvalue weighted by atomic mass is 9.70. The molecule has 0 heterocycles. The molecule has 2 saturated carbocycles. The van der Waals surface area contributed by atoms with Gasteiger partial charge in [0.25, 0.3) is 0 Å². The molecule has 2 bridgehead atoms. The molecule has 2 N–H and O–H groups in total. The fourth-order valence-corrected chi connectivity index (χ4v) is 8.61. The summed E-state index contributed by atoms with van der Waals surface area (Å²) in [4.78, 5) is 0. The SMILES string of the molecule is CC1(C)[C@@H]2CC[C@@]1(CS(=O)(=O)[C@H](c1ccccc1)[C@H](O)c1ccccc1)[C@H](O)C2. The summed E-state index contributed by atoms with van der Waals surface area (Å²) in [5, 5.41) is 20.9. The molecule has 2 aliphatic carbocycles. The van der Waals surface area contributed by atoms with E-state index in [9.17, 15) is 18.6 Å². The average molecular weight is 415 g/mol. The smallest absolute Gasteiger partial charge is 0.160 e. The Labute approximate surface area is 173 Å². The zero-order valence-corrected chi connectivity index (χ0v) is 17.8. The van der Waals surface area contributed by atoms with Gasteiger partial charge in [-0.25, -0.2) is 8.42 Å². The lowest BCUT2D eigenvalue weighted by Gasteiger charge is -2.41. The topological polar surface area (TPSA) is 74.6 Å². The van der Waals surface area contributed by atoms with Gasteiger partial charge in [0.1, 0.15) is 5.25 Å². The van der Waals surface area contributed by atoms with E-state index in [1.165, 1.54) is 0 Å². The molecule has 4 rings (SSSR count). The molecule has 5 atom stereocenters. The van der Waals surface area contributed by atoms with Crippen molar-refractivity contribution in [3.8, 4) is 0 Å². The number of aliphatic hydroxyl groups is 2. The van der Waals surface area contributed by atoms with Gasteiger partial charge in [-0.1, -0.05) is 74.5 Å². The monoisotopic (exact) mass is 414 g/mol. The van der Waals surface area contributed by atoms with Crippen molar-refractivity contribution in [3.63, 3.8) is 0 Å². The van der Waals surface area contributed by atoms with Gasteiger partial charge in [-0.05, 0) is 41.7 Å². The minimum absolute atomic E-state index is 0.103. The van der Waals surface area contributed by atoms with Crippen LogP contribution in [0.25, 0.3) is 0 Å². The fourth-order valence-electron chi connectivity index (χ4n) is 5.88. The van der Waals surface area contributed by atoms with Crippen molar-refractivity contribution in [3.05, 3.63) is 71.8 Å². The molecule has 2 aromatic rings. The van der Waals surface area contributed by atoms with Crippen molar-refractivity contribution in [2.24, 2.45) is 16.7 Å². The summed E-state index contributed by atoms with van der Waals surface area (Å²) in [7, 11) is -3.76. The number of hydrogen-bond acceptors (Lipinski definition) is 4. The number of hydrogen-bond donors (Lipinski definition) is 2. The van der Waals surface area contributed by atoms with Crippen LogP contribution in [0.1, 0.15) is 55.6 Å². The van der Waals surface area contributed by atoms with Gasteiger partial charge in [0.15, 0.2) is 9.84 Å². The Morgan fingerprint density at radius 1 is 1.00 bits per heavy atom. The maximum Gasteiger partial charge on any atom is 0.160 e. The number of fused-ring (bicyclic) bond motifs is 2. The Bertz CT molecular complexity index is 955. The molecule has 0 radical (unpaired) electrons. The first kappa shape index (κ1) is 20.6. The zero-order chi connectivity index (χ0) is 20.9. The van der Waals surface area contributed by atoms with Crippen LogP contribution < -0.4 is 0 Å². The van der Waals surface area contributed by atoms with E-state index in [1.54, 1.807) is 48.5 Å². The fraction of sp³-hybridized carbons (Fsp3) is 0.500.